The number of hydrogen-bond acceptors (Lipinski definition) is 2. The first kappa shape index (κ1) is 16.5. The summed E-state index contributed by atoms with van der Waals surface area (Å²) >= 11 is 5.68. The minimum atomic E-state index is -4.46. The summed E-state index contributed by atoms with van der Waals surface area (Å²) in [6.07, 6.45) is -4.07. The van der Waals surface area contributed by atoms with Crippen LogP contribution in [0.4, 0.5) is 13.2 Å². The lowest BCUT2D eigenvalue weighted by molar-refractivity contribution is -0.137. The lowest BCUT2D eigenvalue weighted by Gasteiger charge is -2.16. The third-order valence-electron chi connectivity index (χ3n) is 2.21. The van der Waals surface area contributed by atoms with Crippen molar-refractivity contribution in [2.45, 2.75) is 18.6 Å². The first-order valence-corrected chi connectivity index (χ1v) is 5.07. The van der Waals surface area contributed by atoms with Crippen LogP contribution in [0.3, 0.4) is 0 Å². The molecule has 1 aromatic rings. The fourth-order valence-corrected chi connectivity index (χ4v) is 1.76. The third-order valence-corrected chi connectivity index (χ3v) is 2.63. The summed E-state index contributed by atoms with van der Waals surface area (Å²) in [5.41, 5.74) is 10.4. The van der Waals surface area contributed by atoms with Crippen molar-refractivity contribution in [3.8, 4) is 0 Å². The van der Waals surface area contributed by atoms with Crippen LogP contribution in [-0.2, 0) is 6.18 Å². The summed E-state index contributed by atoms with van der Waals surface area (Å²) in [5.74, 6) is 0. The Morgan fingerprint density at radius 2 is 1.88 bits per heavy atom. The zero-order valence-electron chi connectivity index (χ0n) is 8.80. The van der Waals surface area contributed by atoms with Crippen molar-refractivity contribution >= 4 is 24.0 Å². The minimum Gasteiger partial charge on any atom is -0.330 e. The lowest BCUT2D eigenvalue weighted by Crippen LogP contribution is -2.17. The molecule has 1 aromatic carbocycles. The highest BCUT2D eigenvalue weighted by atomic mass is 35.5. The summed E-state index contributed by atoms with van der Waals surface area (Å²) in [7, 11) is 0. The Kier molecular flexibility index (Phi) is 6.26. The topological polar surface area (TPSA) is 52.0 Å². The van der Waals surface area contributed by atoms with Gasteiger partial charge in [0.15, 0.2) is 0 Å². The second-order valence-electron chi connectivity index (χ2n) is 3.39. The molecular formula is C10H13Cl2F3N2. The minimum absolute atomic E-state index is 0. The molecule has 0 spiro atoms. The van der Waals surface area contributed by atoms with Crippen LogP contribution in [-0.4, -0.2) is 6.54 Å². The average Bonchev–Trinajstić information content (AvgIpc) is 2.16. The molecule has 1 atom stereocenters. The van der Waals surface area contributed by atoms with Crippen LogP contribution in [0.15, 0.2) is 18.2 Å². The molecule has 0 amide bonds. The lowest BCUT2D eigenvalue weighted by atomic mass is 10.0. The van der Waals surface area contributed by atoms with E-state index in [2.05, 4.69) is 0 Å². The summed E-state index contributed by atoms with van der Waals surface area (Å²) in [4.78, 5) is 0. The Morgan fingerprint density at radius 3 is 2.35 bits per heavy atom. The molecule has 17 heavy (non-hydrogen) atoms. The largest absolute Gasteiger partial charge is 0.417 e. The molecule has 0 fully saturated rings. The van der Waals surface area contributed by atoms with Crippen LogP contribution >= 0.6 is 24.0 Å². The molecule has 7 heteroatoms. The first-order valence-electron chi connectivity index (χ1n) is 4.69. The summed E-state index contributed by atoms with van der Waals surface area (Å²) < 4.78 is 37.6. The molecule has 98 valence electrons. The molecule has 1 rings (SSSR count). The fraction of sp³-hybridized carbons (Fsp3) is 0.400. The zero-order chi connectivity index (χ0) is 12.3. The van der Waals surface area contributed by atoms with E-state index in [-0.39, 0.29) is 23.0 Å². The molecule has 0 aliphatic heterocycles. The van der Waals surface area contributed by atoms with E-state index in [1.54, 1.807) is 0 Å². The van der Waals surface area contributed by atoms with Crippen molar-refractivity contribution in [1.82, 2.24) is 0 Å². The highest BCUT2D eigenvalue weighted by molar-refractivity contribution is 6.32. The van der Waals surface area contributed by atoms with Crippen LogP contribution in [0, 0.1) is 0 Å². The Hall–Kier alpha value is -0.490. The number of alkyl halides is 3. The molecule has 0 aliphatic rings. The van der Waals surface area contributed by atoms with Crippen molar-refractivity contribution in [1.29, 1.82) is 0 Å². The molecule has 0 radical (unpaired) electrons. The van der Waals surface area contributed by atoms with Gasteiger partial charge in [-0.25, -0.2) is 0 Å². The summed E-state index contributed by atoms with van der Waals surface area (Å²) in [6, 6.07) is 3.14. The van der Waals surface area contributed by atoms with E-state index in [1.165, 1.54) is 12.1 Å². The van der Waals surface area contributed by atoms with Gasteiger partial charge in [0, 0.05) is 6.04 Å². The normalized spacial score (nSPS) is 13.1. The van der Waals surface area contributed by atoms with Crippen molar-refractivity contribution in [2.75, 3.05) is 6.54 Å². The van der Waals surface area contributed by atoms with Crippen LogP contribution in [0.25, 0.3) is 0 Å². The number of hydrogen-bond donors (Lipinski definition) is 2. The maximum absolute atomic E-state index is 12.5. The Bertz CT molecular complexity index is 369. The van der Waals surface area contributed by atoms with E-state index in [0.29, 0.717) is 13.0 Å². The predicted octanol–water partition coefficient (Wildman–Crippen LogP) is 3.13. The molecule has 0 saturated heterocycles. The molecular weight excluding hydrogens is 276 g/mol. The number of benzene rings is 1. The SMILES string of the molecule is Cl.NCC[C@H](N)c1cccc(C(F)(F)F)c1Cl. The van der Waals surface area contributed by atoms with Gasteiger partial charge in [-0.2, -0.15) is 13.2 Å². The zero-order valence-corrected chi connectivity index (χ0v) is 10.4. The monoisotopic (exact) mass is 288 g/mol. The maximum Gasteiger partial charge on any atom is 0.417 e. The Labute approximate surface area is 109 Å². The van der Waals surface area contributed by atoms with Crippen molar-refractivity contribution in [2.24, 2.45) is 11.5 Å². The van der Waals surface area contributed by atoms with Gasteiger partial charge in [0.2, 0.25) is 0 Å². The molecule has 0 aromatic heterocycles. The van der Waals surface area contributed by atoms with Gasteiger partial charge in [-0.1, -0.05) is 23.7 Å². The standard InChI is InChI=1S/C10H12ClF3N2.ClH/c11-9-6(8(16)4-5-15)2-1-3-7(9)10(12,13)14;/h1-3,8H,4-5,15-16H2;1H/t8-;/m0./s1. The number of nitrogens with two attached hydrogens (primary N) is 2. The van der Waals surface area contributed by atoms with E-state index >= 15 is 0 Å². The second kappa shape index (κ2) is 6.44. The van der Waals surface area contributed by atoms with Crippen molar-refractivity contribution in [3.63, 3.8) is 0 Å². The third kappa shape index (κ3) is 4.03. The number of halogens is 5. The van der Waals surface area contributed by atoms with E-state index in [4.69, 9.17) is 23.1 Å². The quantitative estimate of drug-likeness (QED) is 0.898. The average molecular weight is 289 g/mol. The fourth-order valence-electron chi connectivity index (χ4n) is 1.39. The first-order chi connectivity index (χ1) is 7.38. The van der Waals surface area contributed by atoms with Gasteiger partial charge in [0.25, 0.3) is 0 Å². The molecule has 0 saturated carbocycles. The highest BCUT2D eigenvalue weighted by Gasteiger charge is 2.34. The molecule has 4 N–H and O–H groups in total. The summed E-state index contributed by atoms with van der Waals surface area (Å²) in [6.45, 7) is 0.299. The van der Waals surface area contributed by atoms with Gasteiger partial charge in [0.1, 0.15) is 0 Å². The van der Waals surface area contributed by atoms with Gasteiger partial charge in [-0.15, -0.1) is 12.4 Å². The number of rotatable bonds is 3. The smallest absolute Gasteiger partial charge is 0.330 e. The van der Waals surface area contributed by atoms with Crippen molar-refractivity contribution in [3.05, 3.63) is 34.3 Å². The van der Waals surface area contributed by atoms with Gasteiger partial charge >= 0.3 is 6.18 Å². The van der Waals surface area contributed by atoms with Gasteiger partial charge in [0.05, 0.1) is 10.6 Å². The summed E-state index contributed by atoms with van der Waals surface area (Å²) in [5, 5.41) is -0.337. The molecule has 0 aliphatic carbocycles. The van der Waals surface area contributed by atoms with E-state index in [1.807, 2.05) is 0 Å². The molecule has 2 nitrogen and oxygen atoms in total. The van der Waals surface area contributed by atoms with Crippen LogP contribution in [0.2, 0.25) is 5.02 Å². The Morgan fingerprint density at radius 1 is 1.29 bits per heavy atom. The maximum atomic E-state index is 12.5. The van der Waals surface area contributed by atoms with Crippen LogP contribution < -0.4 is 11.5 Å². The van der Waals surface area contributed by atoms with Crippen LogP contribution in [0.5, 0.6) is 0 Å². The highest BCUT2D eigenvalue weighted by Crippen LogP contribution is 2.37. The molecule has 0 bridgehead atoms. The van der Waals surface area contributed by atoms with Crippen LogP contribution in [0.1, 0.15) is 23.6 Å². The van der Waals surface area contributed by atoms with E-state index in [0.717, 1.165) is 6.07 Å². The Balaban J connectivity index is 0.00000256. The predicted molar refractivity (Wildman–Crippen MR) is 64.3 cm³/mol. The van der Waals surface area contributed by atoms with Gasteiger partial charge in [-0.3, -0.25) is 0 Å². The van der Waals surface area contributed by atoms with Crippen molar-refractivity contribution < 1.29 is 13.2 Å². The van der Waals surface area contributed by atoms with Gasteiger partial charge in [-0.05, 0) is 24.6 Å². The second-order valence-corrected chi connectivity index (χ2v) is 3.77. The molecule has 0 heterocycles. The molecule has 0 unspecified atom stereocenters. The van der Waals surface area contributed by atoms with E-state index in [9.17, 15) is 13.2 Å². The van der Waals surface area contributed by atoms with Gasteiger partial charge < -0.3 is 11.5 Å². The van der Waals surface area contributed by atoms with E-state index < -0.39 is 17.8 Å².